The van der Waals surface area contributed by atoms with Gasteiger partial charge in [0, 0.05) is 36.7 Å². The van der Waals surface area contributed by atoms with E-state index in [0.29, 0.717) is 31.5 Å². The molecule has 1 atom stereocenters. The number of halogens is 2. The Morgan fingerprint density at radius 2 is 2.00 bits per heavy atom. The van der Waals surface area contributed by atoms with Gasteiger partial charge in [0.05, 0.1) is 6.20 Å². The number of fused-ring (bicyclic) bond motifs is 1. The summed E-state index contributed by atoms with van der Waals surface area (Å²) in [6.07, 6.45) is 4.43. The third kappa shape index (κ3) is 4.04. The van der Waals surface area contributed by atoms with Gasteiger partial charge in [0.15, 0.2) is 23.1 Å². The summed E-state index contributed by atoms with van der Waals surface area (Å²) >= 11 is 0. The maximum atomic E-state index is 13.7. The van der Waals surface area contributed by atoms with Crippen molar-refractivity contribution in [2.45, 2.75) is 31.6 Å². The molecule has 8 heteroatoms. The summed E-state index contributed by atoms with van der Waals surface area (Å²) in [6.45, 7) is 1.51. The number of hydrogen-bond donors (Lipinski definition) is 1. The van der Waals surface area contributed by atoms with E-state index in [-0.39, 0.29) is 18.6 Å². The van der Waals surface area contributed by atoms with Crippen molar-refractivity contribution in [3.8, 4) is 22.6 Å². The van der Waals surface area contributed by atoms with Crippen LogP contribution in [0.15, 0.2) is 42.6 Å². The molecule has 0 aliphatic carbocycles. The van der Waals surface area contributed by atoms with Crippen LogP contribution >= 0.6 is 0 Å². The van der Waals surface area contributed by atoms with E-state index in [1.54, 1.807) is 12.3 Å². The topological polar surface area (TPSA) is 67.5 Å². The lowest BCUT2D eigenvalue weighted by atomic mass is 9.90. The molecule has 1 N–H and O–H groups in total. The van der Waals surface area contributed by atoms with Crippen LogP contribution in [0.3, 0.4) is 0 Å². The standard InChI is InChI=1S/C24H23F2N3O3/c25-19-6-5-16(11-20(19)26)18-12-27-28-24(18)17-2-1-9-29(13-17)23(30)8-4-15-3-7-21-22(10-15)32-14-31-21/h3,5-7,10-12,17H,1-2,4,8-9,13-14H2,(H,27,28)/t17-/m1/s1. The molecule has 3 heterocycles. The lowest BCUT2D eigenvalue weighted by molar-refractivity contribution is -0.132. The zero-order valence-corrected chi connectivity index (χ0v) is 17.4. The van der Waals surface area contributed by atoms with Gasteiger partial charge in [0.25, 0.3) is 0 Å². The van der Waals surface area contributed by atoms with Gasteiger partial charge in [-0.15, -0.1) is 0 Å². The van der Waals surface area contributed by atoms with Gasteiger partial charge in [-0.25, -0.2) is 8.78 Å². The summed E-state index contributed by atoms with van der Waals surface area (Å²) in [5, 5.41) is 7.15. The Kier molecular flexibility index (Phi) is 5.51. The Morgan fingerprint density at radius 3 is 2.88 bits per heavy atom. The number of nitrogens with zero attached hydrogens (tertiary/aromatic N) is 2. The number of amides is 1. The highest BCUT2D eigenvalue weighted by atomic mass is 19.2. The van der Waals surface area contributed by atoms with Crippen LogP contribution in [0.1, 0.15) is 36.4 Å². The summed E-state index contributed by atoms with van der Waals surface area (Å²) in [6, 6.07) is 9.60. The maximum Gasteiger partial charge on any atom is 0.231 e. The van der Waals surface area contributed by atoms with Crippen molar-refractivity contribution in [1.29, 1.82) is 0 Å². The van der Waals surface area contributed by atoms with Crippen molar-refractivity contribution in [1.82, 2.24) is 15.1 Å². The molecule has 2 aliphatic rings. The Bertz CT molecular complexity index is 1150. The van der Waals surface area contributed by atoms with Gasteiger partial charge >= 0.3 is 0 Å². The van der Waals surface area contributed by atoms with E-state index in [1.807, 2.05) is 23.1 Å². The Balaban J connectivity index is 1.25. The highest BCUT2D eigenvalue weighted by Gasteiger charge is 2.28. The van der Waals surface area contributed by atoms with Crippen LogP contribution in [-0.4, -0.2) is 40.9 Å². The minimum atomic E-state index is -0.890. The minimum Gasteiger partial charge on any atom is -0.454 e. The summed E-state index contributed by atoms with van der Waals surface area (Å²) in [5.41, 5.74) is 3.19. The van der Waals surface area contributed by atoms with Crippen LogP contribution in [0.5, 0.6) is 11.5 Å². The van der Waals surface area contributed by atoms with E-state index in [0.717, 1.165) is 47.2 Å². The summed E-state index contributed by atoms with van der Waals surface area (Å²) in [7, 11) is 0. The fourth-order valence-electron chi connectivity index (χ4n) is 4.45. The fourth-order valence-corrected chi connectivity index (χ4v) is 4.45. The average Bonchev–Trinajstić information content (AvgIpc) is 3.48. The first-order valence-corrected chi connectivity index (χ1v) is 10.7. The van der Waals surface area contributed by atoms with Crippen LogP contribution in [0, 0.1) is 11.6 Å². The van der Waals surface area contributed by atoms with Crippen LogP contribution in [-0.2, 0) is 11.2 Å². The number of H-pyrrole nitrogens is 1. The van der Waals surface area contributed by atoms with Crippen LogP contribution in [0.25, 0.3) is 11.1 Å². The van der Waals surface area contributed by atoms with Gasteiger partial charge in [-0.3, -0.25) is 9.89 Å². The van der Waals surface area contributed by atoms with Crippen LogP contribution in [0.4, 0.5) is 8.78 Å². The van der Waals surface area contributed by atoms with Crippen molar-refractivity contribution in [2.24, 2.45) is 0 Å². The van der Waals surface area contributed by atoms with Crippen molar-refractivity contribution in [3.05, 3.63) is 65.5 Å². The SMILES string of the molecule is O=C(CCc1ccc2c(c1)OCO2)N1CCC[C@@H](c2[nH]ncc2-c2ccc(F)c(F)c2)C1. The molecule has 1 saturated heterocycles. The molecular weight excluding hydrogens is 416 g/mol. The van der Waals surface area contributed by atoms with E-state index in [1.165, 1.54) is 6.07 Å². The molecule has 166 valence electrons. The average molecular weight is 439 g/mol. The predicted octanol–water partition coefficient (Wildman–Crippen LogP) is 4.42. The summed E-state index contributed by atoms with van der Waals surface area (Å²) < 4.78 is 37.8. The number of aryl methyl sites for hydroxylation is 1. The third-order valence-electron chi connectivity index (χ3n) is 6.15. The molecule has 0 spiro atoms. The molecule has 1 amide bonds. The van der Waals surface area contributed by atoms with Gasteiger partial charge in [0.1, 0.15) is 0 Å². The van der Waals surface area contributed by atoms with Gasteiger partial charge < -0.3 is 14.4 Å². The number of benzene rings is 2. The van der Waals surface area contributed by atoms with E-state index in [9.17, 15) is 13.6 Å². The molecule has 5 rings (SSSR count). The number of piperidine rings is 1. The second-order valence-electron chi connectivity index (χ2n) is 8.19. The highest BCUT2D eigenvalue weighted by Crippen LogP contribution is 2.35. The van der Waals surface area contributed by atoms with E-state index < -0.39 is 11.6 Å². The number of hydrogen-bond acceptors (Lipinski definition) is 4. The monoisotopic (exact) mass is 439 g/mol. The number of aromatic nitrogens is 2. The smallest absolute Gasteiger partial charge is 0.231 e. The number of likely N-dealkylation sites (tertiary alicyclic amines) is 1. The Morgan fingerprint density at radius 1 is 1.12 bits per heavy atom. The predicted molar refractivity (Wildman–Crippen MR) is 113 cm³/mol. The number of nitrogens with one attached hydrogen (secondary N) is 1. The lowest BCUT2D eigenvalue weighted by Crippen LogP contribution is -2.39. The first kappa shape index (κ1) is 20.5. The molecule has 3 aromatic rings. The van der Waals surface area contributed by atoms with Crippen molar-refractivity contribution in [3.63, 3.8) is 0 Å². The van der Waals surface area contributed by atoms with Gasteiger partial charge in [0.2, 0.25) is 12.7 Å². The first-order chi connectivity index (χ1) is 15.6. The zero-order chi connectivity index (χ0) is 22.1. The molecule has 0 bridgehead atoms. The number of carbonyl (C=O) groups excluding carboxylic acids is 1. The normalized spacial score (nSPS) is 17.6. The van der Waals surface area contributed by atoms with Crippen molar-refractivity contribution in [2.75, 3.05) is 19.9 Å². The molecule has 2 aliphatic heterocycles. The summed E-state index contributed by atoms with van der Waals surface area (Å²) in [5.74, 6) is -0.160. The Hall–Kier alpha value is -3.42. The van der Waals surface area contributed by atoms with Crippen molar-refractivity contribution < 1.29 is 23.0 Å². The molecule has 1 aromatic heterocycles. The molecule has 0 radical (unpaired) electrons. The minimum absolute atomic E-state index is 0.0591. The first-order valence-electron chi connectivity index (χ1n) is 10.7. The van der Waals surface area contributed by atoms with Gasteiger partial charge in [-0.05, 0) is 54.7 Å². The fraction of sp³-hybridized carbons (Fsp3) is 0.333. The van der Waals surface area contributed by atoms with Gasteiger partial charge in [-0.1, -0.05) is 12.1 Å². The van der Waals surface area contributed by atoms with Gasteiger partial charge in [-0.2, -0.15) is 5.10 Å². The zero-order valence-electron chi connectivity index (χ0n) is 17.4. The second kappa shape index (κ2) is 8.61. The molecular formula is C24H23F2N3O3. The second-order valence-corrected chi connectivity index (χ2v) is 8.19. The van der Waals surface area contributed by atoms with E-state index in [2.05, 4.69) is 10.2 Å². The van der Waals surface area contributed by atoms with E-state index in [4.69, 9.17) is 9.47 Å². The number of ether oxygens (including phenoxy) is 2. The van der Waals surface area contributed by atoms with Crippen LogP contribution < -0.4 is 9.47 Å². The van der Waals surface area contributed by atoms with Crippen molar-refractivity contribution >= 4 is 5.91 Å². The molecule has 2 aromatic carbocycles. The van der Waals surface area contributed by atoms with E-state index >= 15 is 0 Å². The third-order valence-corrected chi connectivity index (χ3v) is 6.15. The number of rotatable bonds is 5. The van der Waals surface area contributed by atoms with Crippen LogP contribution in [0.2, 0.25) is 0 Å². The maximum absolute atomic E-state index is 13.7. The molecule has 6 nitrogen and oxygen atoms in total. The quantitative estimate of drug-likeness (QED) is 0.639. The lowest BCUT2D eigenvalue weighted by Gasteiger charge is -2.33. The molecule has 1 fully saturated rings. The Labute approximate surface area is 184 Å². The summed E-state index contributed by atoms with van der Waals surface area (Å²) in [4.78, 5) is 14.8. The largest absolute Gasteiger partial charge is 0.454 e. The number of aromatic amines is 1. The molecule has 0 unspecified atom stereocenters. The highest BCUT2D eigenvalue weighted by molar-refractivity contribution is 5.77. The molecule has 32 heavy (non-hydrogen) atoms. The number of carbonyl (C=O) groups is 1. The molecule has 0 saturated carbocycles.